The Bertz CT molecular complexity index is 361. The Hall–Kier alpha value is -1.39. The summed E-state index contributed by atoms with van der Waals surface area (Å²) in [5.74, 6) is 0.437. The SMILES string of the molecule is CCN(CC)OCc1cccc(NC(C)=N)c1. The number of hydroxylamine groups is 2. The Kier molecular flexibility index (Phi) is 5.66. The largest absolute Gasteiger partial charge is 0.344 e. The summed E-state index contributed by atoms with van der Waals surface area (Å²) in [6.45, 7) is 8.19. The molecule has 0 amide bonds. The summed E-state index contributed by atoms with van der Waals surface area (Å²) in [7, 11) is 0. The number of hydrogen-bond donors (Lipinski definition) is 2. The van der Waals surface area contributed by atoms with E-state index in [-0.39, 0.29) is 0 Å². The highest BCUT2D eigenvalue weighted by molar-refractivity contribution is 5.90. The number of rotatable bonds is 6. The van der Waals surface area contributed by atoms with Crippen molar-refractivity contribution in [3.05, 3.63) is 29.8 Å². The van der Waals surface area contributed by atoms with Crippen molar-refractivity contribution in [2.75, 3.05) is 18.4 Å². The molecule has 0 bridgehead atoms. The van der Waals surface area contributed by atoms with Crippen LogP contribution in [0.1, 0.15) is 26.3 Å². The molecular formula is C13H21N3O. The van der Waals surface area contributed by atoms with Gasteiger partial charge in [0, 0.05) is 18.8 Å². The van der Waals surface area contributed by atoms with Crippen LogP contribution in [0.3, 0.4) is 0 Å². The molecule has 0 atom stereocenters. The summed E-state index contributed by atoms with van der Waals surface area (Å²) in [4.78, 5) is 5.64. The first-order valence-corrected chi connectivity index (χ1v) is 5.94. The van der Waals surface area contributed by atoms with Crippen LogP contribution in [0, 0.1) is 5.41 Å². The lowest BCUT2D eigenvalue weighted by atomic mass is 10.2. The molecule has 17 heavy (non-hydrogen) atoms. The fourth-order valence-electron chi connectivity index (χ4n) is 1.53. The summed E-state index contributed by atoms with van der Waals surface area (Å²) < 4.78 is 0. The lowest BCUT2D eigenvalue weighted by molar-refractivity contribution is -0.163. The first-order valence-electron chi connectivity index (χ1n) is 5.94. The van der Waals surface area contributed by atoms with Gasteiger partial charge in [-0.25, -0.2) is 0 Å². The van der Waals surface area contributed by atoms with Gasteiger partial charge in [-0.15, -0.1) is 0 Å². The van der Waals surface area contributed by atoms with Gasteiger partial charge >= 0.3 is 0 Å². The van der Waals surface area contributed by atoms with Crippen LogP contribution in [0.2, 0.25) is 0 Å². The first kappa shape index (κ1) is 13.7. The van der Waals surface area contributed by atoms with Crippen LogP contribution in [-0.2, 0) is 11.4 Å². The van der Waals surface area contributed by atoms with E-state index in [0.29, 0.717) is 12.4 Å². The van der Waals surface area contributed by atoms with Crippen LogP contribution < -0.4 is 5.32 Å². The molecule has 0 saturated heterocycles. The van der Waals surface area contributed by atoms with Crippen molar-refractivity contribution < 1.29 is 4.84 Å². The molecule has 0 aliphatic carbocycles. The second-order valence-electron chi connectivity index (χ2n) is 3.84. The highest BCUT2D eigenvalue weighted by Gasteiger charge is 2.01. The second kappa shape index (κ2) is 7.04. The average molecular weight is 235 g/mol. The van der Waals surface area contributed by atoms with Gasteiger partial charge in [-0.05, 0) is 24.6 Å². The summed E-state index contributed by atoms with van der Waals surface area (Å²) in [5.41, 5.74) is 2.03. The summed E-state index contributed by atoms with van der Waals surface area (Å²) >= 11 is 0. The van der Waals surface area contributed by atoms with Crippen LogP contribution >= 0.6 is 0 Å². The molecule has 2 N–H and O–H groups in total. The van der Waals surface area contributed by atoms with Gasteiger partial charge < -0.3 is 5.32 Å². The van der Waals surface area contributed by atoms with Crippen molar-refractivity contribution in [1.29, 1.82) is 5.41 Å². The highest BCUT2D eigenvalue weighted by Crippen LogP contribution is 2.12. The molecule has 0 spiro atoms. The second-order valence-corrected chi connectivity index (χ2v) is 3.84. The number of nitrogens with zero attached hydrogens (tertiary/aromatic N) is 1. The smallest absolute Gasteiger partial charge is 0.0944 e. The molecule has 0 fully saturated rings. The first-order chi connectivity index (χ1) is 8.15. The lowest BCUT2D eigenvalue weighted by Crippen LogP contribution is -2.22. The number of hydrogen-bond acceptors (Lipinski definition) is 3. The van der Waals surface area contributed by atoms with Gasteiger partial charge in [0.15, 0.2) is 0 Å². The van der Waals surface area contributed by atoms with Crippen LogP contribution in [0.25, 0.3) is 0 Å². The molecule has 0 unspecified atom stereocenters. The van der Waals surface area contributed by atoms with Crippen molar-refractivity contribution in [2.24, 2.45) is 0 Å². The Morgan fingerprint density at radius 3 is 2.65 bits per heavy atom. The number of nitrogens with one attached hydrogen (secondary N) is 2. The predicted molar refractivity (Wildman–Crippen MR) is 71.2 cm³/mol. The molecule has 0 heterocycles. The topological polar surface area (TPSA) is 48.4 Å². The average Bonchev–Trinajstić information content (AvgIpc) is 2.30. The molecular weight excluding hydrogens is 214 g/mol. The monoisotopic (exact) mass is 235 g/mol. The van der Waals surface area contributed by atoms with E-state index in [1.807, 2.05) is 29.3 Å². The molecule has 1 aromatic carbocycles. The quantitative estimate of drug-likeness (QED) is 0.453. The summed E-state index contributed by atoms with van der Waals surface area (Å²) in [6.07, 6.45) is 0. The molecule has 0 aliphatic rings. The van der Waals surface area contributed by atoms with Gasteiger partial charge in [0.1, 0.15) is 0 Å². The molecule has 0 aliphatic heterocycles. The lowest BCUT2D eigenvalue weighted by Gasteiger charge is -2.18. The van der Waals surface area contributed by atoms with Gasteiger partial charge in [0.05, 0.1) is 12.4 Å². The van der Waals surface area contributed by atoms with E-state index in [4.69, 9.17) is 10.2 Å². The third-order valence-corrected chi connectivity index (χ3v) is 2.38. The van der Waals surface area contributed by atoms with Crippen molar-refractivity contribution >= 4 is 11.5 Å². The predicted octanol–water partition coefficient (Wildman–Crippen LogP) is 2.87. The molecule has 4 nitrogen and oxygen atoms in total. The minimum Gasteiger partial charge on any atom is -0.344 e. The molecule has 1 aromatic rings. The third-order valence-electron chi connectivity index (χ3n) is 2.38. The molecule has 1 rings (SSSR count). The van der Waals surface area contributed by atoms with Crippen molar-refractivity contribution in [3.63, 3.8) is 0 Å². The minimum atomic E-state index is 0.437. The molecule has 4 heteroatoms. The fourth-order valence-corrected chi connectivity index (χ4v) is 1.53. The fraction of sp³-hybridized carbons (Fsp3) is 0.462. The van der Waals surface area contributed by atoms with E-state index in [2.05, 4.69) is 19.2 Å². The van der Waals surface area contributed by atoms with Crippen LogP contribution in [-0.4, -0.2) is 24.0 Å². The van der Waals surface area contributed by atoms with Gasteiger partial charge in [-0.3, -0.25) is 10.2 Å². The van der Waals surface area contributed by atoms with E-state index in [1.54, 1.807) is 6.92 Å². The maximum atomic E-state index is 7.38. The van der Waals surface area contributed by atoms with E-state index < -0.39 is 0 Å². The summed E-state index contributed by atoms with van der Waals surface area (Å²) in [5, 5.41) is 12.3. The number of anilines is 1. The molecule has 0 aromatic heterocycles. The zero-order valence-corrected chi connectivity index (χ0v) is 10.8. The third kappa shape index (κ3) is 4.97. The van der Waals surface area contributed by atoms with Crippen molar-refractivity contribution in [1.82, 2.24) is 5.06 Å². The van der Waals surface area contributed by atoms with Crippen LogP contribution in [0.15, 0.2) is 24.3 Å². The van der Waals surface area contributed by atoms with Gasteiger partial charge in [-0.1, -0.05) is 26.0 Å². The van der Waals surface area contributed by atoms with Crippen LogP contribution in [0.4, 0.5) is 5.69 Å². The zero-order chi connectivity index (χ0) is 12.7. The maximum absolute atomic E-state index is 7.38. The normalized spacial score (nSPS) is 10.6. The minimum absolute atomic E-state index is 0.437. The standard InChI is InChI=1S/C13H21N3O/c1-4-16(5-2)17-10-12-7-6-8-13(9-12)15-11(3)14/h6-9H,4-5,10H2,1-3H3,(H2,14,15). The van der Waals surface area contributed by atoms with Crippen molar-refractivity contribution in [2.45, 2.75) is 27.4 Å². The van der Waals surface area contributed by atoms with E-state index >= 15 is 0 Å². The molecule has 0 saturated carbocycles. The van der Waals surface area contributed by atoms with E-state index in [1.165, 1.54) is 0 Å². The molecule has 0 radical (unpaired) electrons. The Labute approximate surface area is 103 Å². The van der Waals surface area contributed by atoms with Gasteiger partial charge in [0.25, 0.3) is 0 Å². The van der Waals surface area contributed by atoms with E-state index in [9.17, 15) is 0 Å². The van der Waals surface area contributed by atoms with Crippen molar-refractivity contribution in [3.8, 4) is 0 Å². The Morgan fingerprint density at radius 1 is 1.35 bits per heavy atom. The number of amidine groups is 1. The van der Waals surface area contributed by atoms with E-state index in [0.717, 1.165) is 24.3 Å². The zero-order valence-electron chi connectivity index (χ0n) is 10.8. The van der Waals surface area contributed by atoms with Gasteiger partial charge in [-0.2, -0.15) is 5.06 Å². The maximum Gasteiger partial charge on any atom is 0.0944 e. The summed E-state index contributed by atoms with van der Waals surface area (Å²) in [6, 6.07) is 7.93. The van der Waals surface area contributed by atoms with Crippen LogP contribution in [0.5, 0.6) is 0 Å². The number of benzene rings is 1. The Morgan fingerprint density at radius 2 is 2.06 bits per heavy atom. The van der Waals surface area contributed by atoms with Gasteiger partial charge in [0.2, 0.25) is 0 Å². The molecule has 94 valence electrons. The highest BCUT2D eigenvalue weighted by atomic mass is 16.7. The Balaban J connectivity index is 2.56.